The zero-order chi connectivity index (χ0) is 14.4. The van der Waals surface area contributed by atoms with Gasteiger partial charge in [-0.1, -0.05) is 18.6 Å². The highest BCUT2D eigenvalue weighted by molar-refractivity contribution is 5.78. The van der Waals surface area contributed by atoms with Gasteiger partial charge in [-0.3, -0.25) is 9.69 Å². The van der Waals surface area contributed by atoms with Crippen molar-refractivity contribution in [2.24, 2.45) is 0 Å². The minimum absolute atomic E-state index is 0.0689. The SMILES string of the molecule is CC(CNC(=O)Cc1cccc(N)c1)N1CCCCC1. The highest BCUT2D eigenvalue weighted by atomic mass is 16.1. The van der Waals surface area contributed by atoms with E-state index < -0.39 is 0 Å². The number of nitrogens with two attached hydrogens (primary N) is 1. The standard InChI is InChI=1S/C16H25N3O/c1-13(19-8-3-2-4-9-19)12-18-16(20)11-14-6-5-7-15(17)10-14/h5-7,10,13H,2-4,8-9,11-12,17H2,1H3,(H,18,20). The lowest BCUT2D eigenvalue weighted by atomic mass is 10.1. The summed E-state index contributed by atoms with van der Waals surface area (Å²) >= 11 is 0. The van der Waals surface area contributed by atoms with Crippen LogP contribution in [0.2, 0.25) is 0 Å². The molecule has 1 fully saturated rings. The number of anilines is 1. The molecule has 1 amide bonds. The van der Waals surface area contributed by atoms with Crippen LogP contribution in [0, 0.1) is 0 Å². The van der Waals surface area contributed by atoms with E-state index in [1.807, 2.05) is 24.3 Å². The molecule has 3 N–H and O–H groups in total. The first-order valence-electron chi connectivity index (χ1n) is 7.50. The Balaban J connectivity index is 1.74. The maximum absolute atomic E-state index is 11.9. The van der Waals surface area contributed by atoms with E-state index in [2.05, 4.69) is 17.1 Å². The third-order valence-electron chi connectivity index (χ3n) is 3.92. The van der Waals surface area contributed by atoms with Gasteiger partial charge in [0.25, 0.3) is 0 Å². The van der Waals surface area contributed by atoms with Crippen LogP contribution in [0.1, 0.15) is 31.7 Å². The van der Waals surface area contributed by atoms with Gasteiger partial charge in [-0.15, -0.1) is 0 Å². The molecule has 1 aliphatic heterocycles. The van der Waals surface area contributed by atoms with Crippen LogP contribution < -0.4 is 11.1 Å². The van der Waals surface area contributed by atoms with Gasteiger partial charge < -0.3 is 11.1 Å². The lowest BCUT2D eigenvalue weighted by molar-refractivity contribution is -0.120. The number of carbonyl (C=O) groups excluding carboxylic acids is 1. The number of rotatable bonds is 5. The highest BCUT2D eigenvalue weighted by Gasteiger charge is 2.17. The summed E-state index contributed by atoms with van der Waals surface area (Å²) in [6.07, 6.45) is 4.30. The highest BCUT2D eigenvalue weighted by Crippen LogP contribution is 2.11. The first-order valence-corrected chi connectivity index (χ1v) is 7.50. The van der Waals surface area contributed by atoms with Crippen molar-refractivity contribution in [1.29, 1.82) is 0 Å². The molecule has 0 spiro atoms. The second-order valence-electron chi connectivity index (χ2n) is 5.67. The van der Waals surface area contributed by atoms with Gasteiger partial charge in [0.15, 0.2) is 0 Å². The lowest BCUT2D eigenvalue weighted by Gasteiger charge is -2.32. The van der Waals surface area contributed by atoms with Crippen molar-refractivity contribution in [3.8, 4) is 0 Å². The summed E-state index contributed by atoms with van der Waals surface area (Å²) in [6, 6.07) is 7.92. The van der Waals surface area contributed by atoms with Gasteiger partial charge in [0.05, 0.1) is 6.42 Å². The van der Waals surface area contributed by atoms with Crippen LogP contribution >= 0.6 is 0 Å². The number of nitrogen functional groups attached to an aromatic ring is 1. The van der Waals surface area contributed by atoms with E-state index in [0.29, 0.717) is 18.2 Å². The van der Waals surface area contributed by atoms with Crippen LogP contribution in [0.25, 0.3) is 0 Å². The van der Waals surface area contributed by atoms with Gasteiger partial charge in [0.1, 0.15) is 0 Å². The molecule has 4 nitrogen and oxygen atoms in total. The maximum atomic E-state index is 11.9. The molecule has 0 saturated carbocycles. The van der Waals surface area contributed by atoms with Crippen molar-refractivity contribution in [2.75, 3.05) is 25.4 Å². The smallest absolute Gasteiger partial charge is 0.224 e. The van der Waals surface area contributed by atoms with E-state index in [9.17, 15) is 4.79 Å². The predicted molar refractivity (Wildman–Crippen MR) is 82.5 cm³/mol. The third-order valence-corrected chi connectivity index (χ3v) is 3.92. The zero-order valence-electron chi connectivity index (χ0n) is 12.3. The number of carbonyl (C=O) groups is 1. The predicted octanol–water partition coefficient (Wildman–Crippen LogP) is 1.80. The lowest BCUT2D eigenvalue weighted by Crippen LogP contribution is -2.44. The largest absolute Gasteiger partial charge is 0.399 e. The van der Waals surface area contributed by atoms with Crippen molar-refractivity contribution in [3.63, 3.8) is 0 Å². The van der Waals surface area contributed by atoms with Crippen LogP contribution in [-0.4, -0.2) is 36.5 Å². The van der Waals surface area contributed by atoms with E-state index in [1.54, 1.807) is 0 Å². The Labute approximate surface area is 121 Å². The van der Waals surface area contributed by atoms with Crippen molar-refractivity contribution in [1.82, 2.24) is 10.2 Å². The summed E-state index contributed by atoms with van der Waals surface area (Å²) in [4.78, 5) is 14.4. The van der Waals surface area contributed by atoms with Gasteiger partial charge in [-0.2, -0.15) is 0 Å². The van der Waals surface area contributed by atoms with E-state index in [0.717, 1.165) is 25.2 Å². The van der Waals surface area contributed by atoms with Gasteiger partial charge >= 0.3 is 0 Å². The summed E-state index contributed by atoms with van der Waals surface area (Å²) in [6.45, 7) is 5.23. The molecule has 4 heteroatoms. The Kier molecular flexibility index (Phi) is 5.41. The topological polar surface area (TPSA) is 58.4 Å². The van der Waals surface area contributed by atoms with E-state index in [1.165, 1.54) is 19.3 Å². The minimum atomic E-state index is 0.0689. The Hall–Kier alpha value is -1.55. The quantitative estimate of drug-likeness (QED) is 0.806. The first kappa shape index (κ1) is 14.9. The number of likely N-dealkylation sites (tertiary alicyclic amines) is 1. The van der Waals surface area contributed by atoms with E-state index >= 15 is 0 Å². The molecule has 1 aromatic carbocycles. The van der Waals surface area contributed by atoms with Crippen molar-refractivity contribution in [2.45, 2.75) is 38.6 Å². The maximum Gasteiger partial charge on any atom is 0.224 e. The van der Waals surface area contributed by atoms with Crippen molar-refractivity contribution in [3.05, 3.63) is 29.8 Å². The summed E-state index contributed by atoms with van der Waals surface area (Å²) < 4.78 is 0. The van der Waals surface area contributed by atoms with Crippen LogP contribution in [0.3, 0.4) is 0 Å². The molecule has 1 atom stereocenters. The molecule has 0 bridgehead atoms. The molecule has 0 aliphatic carbocycles. The number of amides is 1. The molecule has 1 aromatic rings. The molecule has 1 aliphatic rings. The summed E-state index contributed by atoms with van der Waals surface area (Å²) in [7, 11) is 0. The van der Waals surface area contributed by atoms with Crippen LogP contribution in [-0.2, 0) is 11.2 Å². The number of hydrogen-bond donors (Lipinski definition) is 2. The van der Waals surface area contributed by atoms with E-state index in [-0.39, 0.29) is 5.91 Å². The van der Waals surface area contributed by atoms with Gasteiger partial charge in [-0.25, -0.2) is 0 Å². The molecule has 1 heterocycles. The first-order chi connectivity index (χ1) is 9.65. The Bertz CT molecular complexity index is 441. The minimum Gasteiger partial charge on any atom is -0.399 e. The Morgan fingerprint density at radius 2 is 2.10 bits per heavy atom. The van der Waals surface area contributed by atoms with Crippen LogP contribution in [0.5, 0.6) is 0 Å². The summed E-state index contributed by atoms with van der Waals surface area (Å²) in [5, 5.41) is 3.03. The molecule has 1 saturated heterocycles. The van der Waals surface area contributed by atoms with Gasteiger partial charge in [-0.05, 0) is 50.6 Å². The normalized spacial score (nSPS) is 17.6. The Morgan fingerprint density at radius 1 is 1.35 bits per heavy atom. The molecule has 1 unspecified atom stereocenters. The molecule has 20 heavy (non-hydrogen) atoms. The summed E-state index contributed by atoms with van der Waals surface area (Å²) in [5.41, 5.74) is 7.39. The van der Waals surface area contributed by atoms with Gasteiger partial charge in [0.2, 0.25) is 5.91 Å². The number of benzene rings is 1. The zero-order valence-corrected chi connectivity index (χ0v) is 12.3. The van der Waals surface area contributed by atoms with Gasteiger partial charge in [0, 0.05) is 18.3 Å². The number of piperidine rings is 1. The van der Waals surface area contributed by atoms with Crippen LogP contribution in [0.15, 0.2) is 24.3 Å². The molecule has 0 radical (unpaired) electrons. The molecule has 110 valence electrons. The number of hydrogen-bond acceptors (Lipinski definition) is 3. The Morgan fingerprint density at radius 3 is 2.80 bits per heavy atom. The fourth-order valence-electron chi connectivity index (χ4n) is 2.70. The van der Waals surface area contributed by atoms with Crippen LogP contribution in [0.4, 0.5) is 5.69 Å². The fourth-order valence-corrected chi connectivity index (χ4v) is 2.70. The van der Waals surface area contributed by atoms with Crippen molar-refractivity contribution < 1.29 is 4.79 Å². The monoisotopic (exact) mass is 275 g/mol. The fraction of sp³-hybridized carbons (Fsp3) is 0.562. The number of nitrogens with one attached hydrogen (secondary N) is 1. The molecular formula is C16H25N3O. The summed E-state index contributed by atoms with van der Waals surface area (Å²) in [5.74, 6) is 0.0689. The average molecular weight is 275 g/mol. The average Bonchev–Trinajstić information content (AvgIpc) is 2.46. The second kappa shape index (κ2) is 7.29. The molecular weight excluding hydrogens is 250 g/mol. The molecule has 0 aromatic heterocycles. The third kappa shape index (κ3) is 4.53. The van der Waals surface area contributed by atoms with Crippen molar-refractivity contribution >= 4 is 11.6 Å². The number of nitrogens with zero attached hydrogens (tertiary/aromatic N) is 1. The second-order valence-corrected chi connectivity index (χ2v) is 5.67. The van der Waals surface area contributed by atoms with E-state index in [4.69, 9.17) is 5.73 Å². The molecule has 2 rings (SSSR count).